The topological polar surface area (TPSA) is 64.3 Å². The number of nitrogens with one attached hydrogen (secondary N) is 1. The highest BCUT2D eigenvalue weighted by atomic mass is 16.5. The first-order valence-electron chi connectivity index (χ1n) is 5.63. The second-order valence-corrected chi connectivity index (χ2v) is 4.65. The van der Waals surface area contributed by atoms with Gasteiger partial charge in [0.05, 0.1) is 12.1 Å². The molecule has 3 N–H and O–H groups in total. The number of carbonyl (C=O) groups is 1. The average molecular weight is 214 g/mol. The van der Waals surface area contributed by atoms with Crippen molar-refractivity contribution in [1.82, 2.24) is 5.32 Å². The maximum atomic E-state index is 11.7. The molecular formula is C11H22N2O2. The van der Waals surface area contributed by atoms with Gasteiger partial charge in [-0.2, -0.15) is 0 Å². The van der Waals surface area contributed by atoms with E-state index in [1.807, 2.05) is 13.8 Å². The standard InChI is InChI=1S/C11H22N2O2/c1-7(2)10(12)11(14)13-8-4-5-9(6-8)15-3/h7-10H,4-6,12H2,1-3H3,(H,13,14). The SMILES string of the molecule is COC1CCC(NC(=O)C(N)C(C)C)C1. The molecule has 0 radical (unpaired) electrons. The molecule has 15 heavy (non-hydrogen) atoms. The Labute approximate surface area is 91.5 Å². The summed E-state index contributed by atoms with van der Waals surface area (Å²) in [5.41, 5.74) is 5.76. The van der Waals surface area contributed by atoms with Crippen LogP contribution in [0, 0.1) is 5.92 Å². The Morgan fingerprint density at radius 2 is 2.13 bits per heavy atom. The summed E-state index contributed by atoms with van der Waals surface area (Å²) in [5, 5.41) is 2.98. The molecule has 1 rings (SSSR count). The Kier molecular flexibility index (Phi) is 4.54. The summed E-state index contributed by atoms with van der Waals surface area (Å²) in [4.78, 5) is 11.7. The lowest BCUT2D eigenvalue weighted by Crippen LogP contribution is -2.47. The van der Waals surface area contributed by atoms with Crippen LogP contribution in [0.4, 0.5) is 0 Å². The molecule has 1 aliphatic carbocycles. The van der Waals surface area contributed by atoms with Gasteiger partial charge in [0.2, 0.25) is 5.91 Å². The van der Waals surface area contributed by atoms with Gasteiger partial charge >= 0.3 is 0 Å². The van der Waals surface area contributed by atoms with Crippen LogP contribution in [-0.4, -0.2) is 31.2 Å². The largest absolute Gasteiger partial charge is 0.381 e. The predicted molar refractivity (Wildman–Crippen MR) is 59.4 cm³/mol. The molecule has 0 aromatic heterocycles. The molecule has 0 aliphatic heterocycles. The average Bonchev–Trinajstić information content (AvgIpc) is 2.64. The summed E-state index contributed by atoms with van der Waals surface area (Å²) in [6, 6.07) is -0.154. The summed E-state index contributed by atoms with van der Waals surface area (Å²) < 4.78 is 5.25. The molecule has 1 fully saturated rings. The lowest BCUT2D eigenvalue weighted by Gasteiger charge is -2.19. The van der Waals surface area contributed by atoms with E-state index in [1.54, 1.807) is 7.11 Å². The van der Waals surface area contributed by atoms with Gasteiger partial charge in [0.15, 0.2) is 0 Å². The fourth-order valence-electron chi connectivity index (χ4n) is 1.89. The van der Waals surface area contributed by atoms with Gasteiger partial charge in [0.25, 0.3) is 0 Å². The van der Waals surface area contributed by atoms with Gasteiger partial charge in [-0.25, -0.2) is 0 Å². The van der Waals surface area contributed by atoms with Gasteiger partial charge in [-0.15, -0.1) is 0 Å². The minimum absolute atomic E-state index is 0.0354. The maximum absolute atomic E-state index is 11.7. The second kappa shape index (κ2) is 5.47. The van der Waals surface area contributed by atoms with Gasteiger partial charge in [-0.1, -0.05) is 13.8 Å². The normalized spacial score (nSPS) is 28.1. The van der Waals surface area contributed by atoms with E-state index in [-0.39, 0.29) is 17.9 Å². The molecule has 4 heteroatoms. The lowest BCUT2D eigenvalue weighted by molar-refractivity contribution is -0.123. The molecule has 0 saturated heterocycles. The van der Waals surface area contributed by atoms with Gasteiger partial charge in [0, 0.05) is 13.2 Å². The zero-order chi connectivity index (χ0) is 11.4. The summed E-state index contributed by atoms with van der Waals surface area (Å²) in [6.45, 7) is 3.91. The number of rotatable bonds is 4. The third-order valence-electron chi connectivity index (χ3n) is 3.09. The molecule has 88 valence electrons. The van der Waals surface area contributed by atoms with Crippen molar-refractivity contribution in [3.05, 3.63) is 0 Å². The Balaban J connectivity index is 2.33. The number of amides is 1. The zero-order valence-corrected chi connectivity index (χ0v) is 9.82. The van der Waals surface area contributed by atoms with E-state index in [0.29, 0.717) is 6.10 Å². The van der Waals surface area contributed by atoms with E-state index in [1.165, 1.54) is 0 Å². The van der Waals surface area contributed by atoms with Crippen molar-refractivity contribution in [2.45, 2.75) is 51.3 Å². The Bertz CT molecular complexity index is 219. The van der Waals surface area contributed by atoms with E-state index in [4.69, 9.17) is 10.5 Å². The number of nitrogens with two attached hydrogens (primary N) is 1. The molecule has 0 spiro atoms. The zero-order valence-electron chi connectivity index (χ0n) is 9.82. The van der Waals surface area contributed by atoms with E-state index < -0.39 is 6.04 Å². The number of hydrogen-bond acceptors (Lipinski definition) is 3. The first-order chi connectivity index (χ1) is 7.04. The molecule has 0 heterocycles. The molecule has 3 atom stereocenters. The number of hydrogen-bond donors (Lipinski definition) is 2. The van der Waals surface area contributed by atoms with Crippen molar-refractivity contribution in [2.75, 3.05) is 7.11 Å². The third-order valence-corrected chi connectivity index (χ3v) is 3.09. The van der Waals surface area contributed by atoms with E-state index in [9.17, 15) is 4.79 Å². The van der Waals surface area contributed by atoms with Crippen molar-refractivity contribution >= 4 is 5.91 Å². The van der Waals surface area contributed by atoms with Crippen LogP contribution in [0.25, 0.3) is 0 Å². The maximum Gasteiger partial charge on any atom is 0.237 e. The van der Waals surface area contributed by atoms with Crippen LogP contribution in [0.5, 0.6) is 0 Å². The third kappa shape index (κ3) is 3.47. The predicted octanol–water partition coefficient (Wildman–Crippen LogP) is 0.653. The number of ether oxygens (including phenoxy) is 1. The Morgan fingerprint density at radius 3 is 2.60 bits per heavy atom. The first kappa shape index (κ1) is 12.5. The van der Waals surface area contributed by atoms with Gasteiger partial charge in [-0.3, -0.25) is 4.79 Å². The Hall–Kier alpha value is -0.610. The van der Waals surface area contributed by atoms with E-state index >= 15 is 0 Å². The highest BCUT2D eigenvalue weighted by Gasteiger charge is 2.27. The first-order valence-corrected chi connectivity index (χ1v) is 5.63. The molecule has 0 bridgehead atoms. The number of carbonyl (C=O) groups excluding carboxylic acids is 1. The summed E-state index contributed by atoms with van der Waals surface area (Å²) in [5.74, 6) is 0.149. The number of methoxy groups -OCH3 is 1. The molecule has 4 nitrogen and oxygen atoms in total. The fraction of sp³-hybridized carbons (Fsp3) is 0.909. The van der Waals surface area contributed by atoms with Crippen LogP contribution in [-0.2, 0) is 9.53 Å². The summed E-state index contributed by atoms with van der Waals surface area (Å²) in [7, 11) is 1.72. The quantitative estimate of drug-likeness (QED) is 0.722. The molecule has 3 unspecified atom stereocenters. The smallest absolute Gasteiger partial charge is 0.237 e. The molecule has 1 saturated carbocycles. The summed E-state index contributed by atoms with van der Waals surface area (Å²) >= 11 is 0. The second-order valence-electron chi connectivity index (χ2n) is 4.65. The van der Waals surface area contributed by atoms with Gasteiger partial charge < -0.3 is 15.8 Å². The Morgan fingerprint density at radius 1 is 1.47 bits per heavy atom. The minimum atomic E-state index is -0.397. The van der Waals surface area contributed by atoms with Crippen molar-refractivity contribution < 1.29 is 9.53 Å². The van der Waals surface area contributed by atoms with Crippen LogP contribution in [0.3, 0.4) is 0 Å². The van der Waals surface area contributed by atoms with Gasteiger partial charge in [0.1, 0.15) is 0 Å². The highest BCUT2D eigenvalue weighted by Crippen LogP contribution is 2.21. The molecule has 1 aliphatic rings. The van der Waals surface area contributed by atoms with Gasteiger partial charge in [-0.05, 0) is 25.2 Å². The monoisotopic (exact) mass is 214 g/mol. The van der Waals surface area contributed by atoms with Crippen LogP contribution >= 0.6 is 0 Å². The summed E-state index contributed by atoms with van der Waals surface area (Å²) in [6.07, 6.45) is 3.23. The highest BCUT2D eigenvalue weighted by molar-refractivity contribution is 5.82. The molecular weight excluding hydrogens is 192 g/mol. The van der Waals surface area contributed by atoms with E-state index in [0.717, 1.165) is 19.3 Å². The van der Waals surface area contributed by atoms with E-state index in [2.05, 4.69) is 5.32 Å². The molecule has 0 aromatic rings. The fourth-order valence-corrected chi connectivity index (χ4v) is 1.89. The van der Waals surface area contributed by atoms with Crippen molar-refractivity contribution in [3.63, 3.8) is 0 Å². The molecule has 1 amide bonds. The van der Waals surface area contributed by atoms with Crippen LogP contribution in [0.15, 0.2) is 0 Å². The van der Waals surface area contributed by atoms with Crippen LogP contribution in [0.2, 0.25) is 0 Å². The minimum Gasteiger partial charge on any atom is -0.381 e. The van der Waals surface area contributed by atoms with Crippen molar-refractivity contribution in [2.24, 2.45) is 11.7 Å². The van der Waals surface area contributed by atoms with Crippen LogP contribution < -0.4 is 11.1 Å². The lowest BCUT2D eigenvalue weighted by atomic mass is 10.0. The van der Waals surface area contributed by atoms with Crippen molar-refractivity contribution in [3.8, 4) is 0 Å². The molecule has 0 aromatic carbocycles. The van der Waals surface area contributed by atoms with Crippen LogP contribution in [0.1, 0.15) is 33.1 Å². The van der Waals surface area contributed by atoms with Crippen molar-refractivity contribution in [1.29, 1.82) is 0 Å².